The summed E-state index contributed by atoms with van der Waals surface area (Å²) in [5.74, 6) is -2.24. The van der Waals surface area contributed by atoms with Crippen LogP contribution in [0.25, 0.3) is 0 Å². The summed E-state index contributed by atoms with van der Waals surface area (Å²) < 4.78 is 39.0. The molecule has 0 fully saturated rings. The number of alkyl halides is 3. The van der Waals surface area contributed by atoms with Crippen molar-refractivity contribution >= 4 is 11.9 Å². The van der Waals surface area contributed by atoms with Crippen molar-refractivity contribution in [2.75, 3.05) is 19.8 Å². The van der Waals surface area contributed by atoms with Crippen molar-refractivity contribution in [3.8, 4) is 0 Å². The highest BCUT2D eigenvalue weighted by Gasteiger charge is 2.27. The maximum atomic E-state index is 11.6. The van der Waals surface area contributed by atoms with Crippen LogP contribution in [0.5, 0.6) is 0 Å². The van der Waals surface area contributed by atoms with E-state index in [9.17, 15) is 22.8 Å². The van der Waals surface area contributed by atoms with Crippen LogP contribution in [0, 0.1) is 0 Å². The molecule has 17 heavy (non-hydrogen) atoms. The molecule has 0 heterocycles. The first-order valence-corrected chi connectivity index (χ1v) is 4.54. The van der Waals surface area contributed by atoms with Gasteiger partial charge in [0.1, 0.15) is 12.6 Å². The summed E-state index contributed by atoms with van der Waals surface area (Å²) in [5, 5.41) is 18.9. The van der Waals surface area contributed by atoms with Gasteiger partial charge >= 0.3 is 12.1 Å². The molecule has 0 aromatic heterocycles. The number of hydrogen-bond donors (Lipinski definition) is 3. The fraction of sp³-hybridized carbons (Fsp3) is 0.750. The van der Waals surface area contributed by atoms with Crippen LogP contribution in [0.1, 0.15) is 6.42 Å². The molecule has 0 bridgehead atoms. The van der Waals surface area contributed by atoms with E-state index in [1.807, 2.05) is 5.32 Å². The van der Waals surface area contributed by atoms with Crippen molar-refractivity contribution < 1.29 is 37.7 Å². The summed E-state index contributed by atoms with van der Waals surface area (Å²) in [4.78, 5) is 21.4. The van der Waals surface area contributed by atoms with Crippen LogP contribution >= 0.6 is 0 Å². The number of carbonyl (C=O) groups is 2. The molecule has 6 nitrogen and oxygen atoms in total. The number of aliphatic carboxylic acids is 1. The number of carboxylic acid groups (broad SMARTS) is 1. The van der Waals surface area contributed by atoms with Crippen LogP contribution in [0.4, 0.5) is 13.2 Å². The second-order valence-electron chi connectivity index (χ2n) is 3.06. The van der Waals surface area contributed by atoms with E-state index in [0.717, 1.165) is 0 Å². The summed E-state index contributed by atoms with van der Waals surface area (Å²) in [6, 6.07) is -1.47. The van der Waals surface area contributed by atoms with Crippen LogP contribution in [-0.2, 0) is 14.3 Å². The maximum Gasteiger partial charge on any atom is 0.411 e. The number of nitrogens with one attached hydrogen (secondary N) is 1. The minimum absolute atomic E-state index is 0.417. The zero-order valence-electron chi connectivity index (χ0n) is 8.66. The van der Waals surface area contributed by atoms with E-state index in [1.165, 1.54) is 0 Å². The normalized spacial score (nSPS) is 13.2. The lowest BCUT2D eigenvalue weighted by molar-refractivity contribution is -0.174. The molecule has 0 aliphatic rings. The van der Waals surface area contributed by atoms with Crippen molar-refractivity contribution in [1.82, 2.24) is 5.32 Å². The molecule has 1 atom stereocenters. The standard InChI is InChI=1S/C8H12F3NO5/c9-8(10,11)4-17-2-1-6(14)12-5(3-13)7(15)16/h5,13H,1-4H2,(H,12,14)(H,15,16). The van der Waals surface area contributed by atoms with Gasteiger partial charge in [0, 0.05) is 6.42 Å². The monoisotopic (exact) mass is 259 g/mol. The van der Waals surface area contributed by atoms with Gasteiger partial charge in [0.25, 0.3) is 0 Å². The molecule has 0 radical (unpaired) electrons. The van der Waals surface area contributed by atoms with Gasteiger partial charge in [0.15, 0.2) is 0 Å². The van der Waals surface area contributed by atoms with Crippen molar-refractivity contribution in [2.24, 2.45) is 0 Å². The quantitative estimate of drug-likeness (QED) is 0.536. The average Bonchev–Trinajstić information content (AvgIpc) is 2.19. The molecule has 0 spiro atoms. The second-order valence-corrected chi connectivity index (χ2v) is 3.06. The lowest BCUT2D eigenvalue weighted by Crippen LogP contribution is -2.43. The second kappa shape index (κ2) is 7.07. The Morgan fingerprint density at radius 3 is 2.35 bits per heavy atom. The van der Waals surface area contributed by atoms with Gasteiger partial charge < -0.3 is 20.3 Å². The smallest absolute Gasteiger partial charge is 0.411 e. The first kappa shape index (κ1) is 15.7. The molecule has 1 amide bonds. The molecule has 0 aliphatic carbocycles. The molecular formula is C8H12F3NO5. The van der Waals surface area contributed by atoms with Crippen LogP contribution < -0.4 is 5.32 Å². The maximum absolute atomic E-state index is 11.6. The molecule has 9 heteroatoms. The Labute approximate surface area is 94.4 Å². The van der Waals surface area contributed by atoms with Crippen LogP contribution in [0.2, 0.25) is 0 Å². The van der Waals surface area contributed by atoms with Crippen LogP contribution in [-0.4, -0.2) is 54.1 Å². The molecule has 100 valence electrons. The van der Waals surface area contributed by atoms with Crippen LogP contribution in [0.15, 0.2) is 0 Å². The Hall–Kier alpha value is -1.35. The Morgan fingerprint density at radius 1 is 1.35 bits per heavy atom. The lowest BCUT2D eigenvalue weighted by atomic mass is 10.3. The molecule has 0 aromatic carbocycles. The van der Waals surface area contributed by atoms with Gasteiger partial charge in [-0.15, -0.1) is 0 Å². The van der Waals surface area contributed by atoms with Crippen molar-refractivity contribution in [2.45, 2.75) is 18.6 Å². The highest BCUT2D eigenvalue weighted by atomic mass is 19.4. The van der Waals surface area contributed by atoms with Crippen LogP contribution in [0.3, 0.4) is 0 Å². The fourth-order valence-corrected chi connectivity index (χ4v) is 0.805. The number of aliphatic hydroxyl groups excluding tert-OH is 1. The largest absolute Gasteiger partial charge is 0.480 e. The highest BCUT2D eigenvalue weighted by Crippen LogP contribution is 2.14. The zero-order valence-corrected chi connectivity index (χ0v) is 8.66. The molecule has 0 saturated carbocycles. The predicted octanol–water partition coefficient (Wildman–Crippen LogP) is -0.483. The Bertz CT molecular complexity index is 268. The third-order valence-corrected chi connectivity index (χ3v) is 1.56. The number of amides is 1. The number of carboxylic acids is 1. The Kier molecular flexibility index (Phi) is 6.51. The van der Waals surface area contributed by atoms with E-state index < -0.39 is 50.3 Å². The number of rotatable bonds is 7. The molecule has 0 rings (SSSR count). The van der Waals surface area contributed by atoms with Gasteiger partial charge in [-0.1, -0.05) is 0 Å². The van der Waals surface area contributed by atoms with Gasteiger partial charge in [0.2, 0.25) is 5.91 Å². The third kappa shape index (κ3) is 8.46. The summed E-state index contributed by atoms with van der Waals surface area (Å²) in [6.45, 7) is -2.75. The van der Waals surface area contributed by atoms with Gasteiger partial charge in [-0.05, 0) is 0 Å². The molecule has 3 N–H and O–H groups in total. The Morgan fingerprint density at radius 2 is 1.94 bits per heavy atom. The summed E-state index contributed by atoms with van der Waals surface area (Å²) in [6.07, 6.45) is -4.88. The molecule has 0 aliphatic heterocycles. The minimum Gasteiger partial charge on any atom is -0.480 e. The molecular weight excluding hydrogens is 247 g/mol. The highest BCUT2D eigenvalue weighted by molar-refractivity contribution is 5.83. The number of carbonyl (C=O) groups excluding carboxylic acids is 1. The van der Waals surface area contributed by atoms with Gasteiger partial charge in [-0.2, -0.15) is 13.2 Å². The number of hydrogen-bond acceptors (Lipinski definition) is 4. The van der Waals surface area contributed by atoms with Gasteiger partial charge in [0.05, 0.1) is 13.2 Å². The average molecular weight is 259 g/mol. The van der Waals surface area contributed by atoms with Crippen molar-refractivity contribution in [3.05, 3.63) is 0 Å². The number of ether oxygens (including phenoxy) is 1. The van der Waals surface area contributed by atoms with Gasteiger partial charge in [-0.25, -0.2) is 4.79 Å². The first-order valence-electron chi connectivity index (χ1n) is 4.54. The predicted molar refractivity (Wildman–Crippen MR) is 48.1 cm³/mol. The number of aliphatic hydroxyl groups is 1. The van der Waals surface area contributed by atoms with E-state index in [2.05, 4.69) is 4.74 Å². The van der Waals surface area contributed by atoms with E-state index >= 15 is 0 Å². The van der Waals surface area contributed by atoms with Crippen molar-refractivity contribution in [1.29, 1.82) is 0 Å². The van der Waals surface area contributed by atoms with E-state index in [1.54, 1.807) is 0 Å². The van der Waals surface area contributed by atoms with Gasteiger partial charge in [-0.3, -0.25) is 4.79 Å². The lowest BCUT2D eigenvalue weighted by Gasteiger charge is -2.12. The topological polar surface area (TPSA) is 95.9 Å². The Balaban J connectivity index is 3.77. The fourth-order valence-electron chi connectivity index (χ4n) is 0.805. The molecule has 0 saturated heterocycles. The third-order valence-electron chi connectivity index (χ3n) is 1.56. The summed E-state index contributed by atoms with van der Waals surface area (Å²) in [5.41, 5.74) is 0. The minimum atomic E-state index is -4.47. The summed E-state index contributed by atoms with van der Waals surface area (Å²) >= 11 is 0. The summed E-state index contributed by atoms with van der Waals surface area (Å²) in [7, 11) is 0. The van der Waals surface area contributed by atoms with E-state index in [-0.39, 0.29) is 0 Å². The van der Waals surface area contributed by atoms with E-state index in [0.29, 0.717) is 0 Å². The SMILES string of the molecule is O=C(CCOCC(F)(F)F)NC(CO)C(=O)O. The number of halogens is 3. The first-order chi connectivity index (χ1) is 7.76. The molecule has 0 aromatic rings. The zero-order chi connectivity index (χ0) is 13.5. The van der Waals surface area contributed by atoms with Crippen molar-refractivity contribution in [3.63, 3.8) is 0 Å². The molecule has 1 unspecified atom stereocenters. The van der Waals surface area contributed by atoms with E-state index in [4.69, 9.17) is 10.2 Å².